The lowest BCUT2D eigenvalue weighted by atomic mass is 9.47. The average molecular weight is 942 g/mol. The lowest BCUT2D eigenvalue weighted by Crippen LogP contribution is -2.81. The summed E-state index contributed by atoms with van der Waals surface area (Å²) in [7, 11) is 6.18. The first-order chi connectivity index (χ1) is 33.0. The molecule has 4 aromatic rings. The summed E-state index contributed by atoms with van der Waals surface area (Å²) in [6.45, 7) is 12.8. The molecule has 14 heteroatoms. The van der Waals surface area contributed by atoms with E-state index in [0.29, 0.717) is 88.1 Å². The van der Waals surface area contributed by atoms with Crippen LogP contribution in [0.5, 0.6) is 5.75 Å². The molecule has 6 heterocycles. The molecule has 1 aliphatic carbocycles. The Kier molecular flexibility index (Phi) is 11.4. The second kappa shape index (κ2) is 16.7. The number of carbonyl (C=O) groups is 4. The van der Waals surface area contributed by atoms with Gasteiger partial charge in [-0.3, -0.25) is 19.3 Å². The van der Waals surface area contributed by atoms with Crippen LogP contribution in [0.15, 0.2) is 66.7 Å². The third-order valence-electron chi connectivity index (χ3n) is 17.5. The predicted octanol–water partition coefficient (Wildman–Crippen LogP) is 6.05. The van der Waals surface area contributed by atoms with Crippen LogP contribution in [0, 0.1) is 25.2 Å². The number of piperidine rings is 1. The highest BCUT2D eigenvalue weighted by Gasteiger charge is 2.80. The zero-order valence-corrected chi connectivity index (χ0v) is 41.5. The van der Waals surface area contributed by atoms with Gasteiger partial charge in [-0.1, -0.05) is 61.4 Å². The van der Waals surface area contributed by atoms with Gasteiger partial charge in [-0.25, -0.2) is 4.79 Å². The molecule has 10 atom stereocenters. The van der Waals surface area contributed by atoms with E-state index in [9.17, 15) is 19.5 Å². The number of aromatic nitrogens is 1. The number of fused-ring (bicyclic) bond motifs is 6. The van der Waals surface area contributed by atoms with Gasteiger partial charge in [-0.2, -0.15) is 0 Å². The fraction of sp³-hybridized carbons (Fsp3) is 0.527. The van der Waals surface area contributed by atoms with Gasteiger partial charge in [0.1, 0.15) is 11.2 Å². The van der Waals surface area contributed by atoms with Crippen LogP contribution in [-0.4, -0.2) is 134 Å². The molecule has 3 fully saturated rings. The molecule has 10 rings (SSSR count). The number of ether oxygens (including phenoxy) is 4. The van der Waals surface area contributed by atoms with Crippen molar-refractivity contribution in [3.05, 3.63) is 106 Å². The molecule has 1 aromatic heterocycles. The van der Waals surface area contributed by atoms with E-state index in [0.717, 1.165) is 44.5 Å². The van der Waals surface area contributed by atoms with Gasteiger partial charge >= 0.3 is 17.9 Å². The van der Waals surface area contributed by atoms with Crippen LogP contribution >= 0.6 is 0 Å². The zero-order valence-electron chi connectivity index (χ0n) is 41.5. The Morgan fingerprint density at radius 2 is 1.64 bits per heavy atom. The molecule has 69 heavy (non-hydrogen) atoms. The Morgan fingerprint density at radius 3 is 2.32 bits per heavy atom. The maximum absolute atomic E-state index is 15.7. The van der Waals surface area contributed by atoms with Gasteiger partial charge in [-0.15, -0.1) is 0 Å². The Labute approximate surface area is 404 Å². The van der Waals surface area contributed by atoms with Crippen molar-refractivity contribution in [3.63, 3.8) is 0 Å². The maximum atomic E-state index is 15.7. The molecule has 0 radical (unpaired) electrons. The van der Waals surface area contributed by atoms with Crippen LogP contribution in [0.1, 0.15) is 96.7 Å². The van der Waals surface area contributed by atoms with Crippen molar-refractivity contribution in [1.29, 1.82) is 0 Å². The van der Waals surface area contributed by atoms with E-state index in [-0.39, 0.29) is 17.9 Å². The van der Waals surface area contributed by atoms with Crippen molar-refractivity contribution in [3.8, 4) is 5.75 Å². The molecule has 1 spiro atoms. The molecule has 5 aliphatic heterocycles. The smallest absolute Gasteiger partial charge is 0.344 e. The molecule has 366 valence electrons. The predicted molar refractivity (Wildman–Crippen MR) is 262 cm³/mol. The van der Waals surface area contributed by atoms with Crippen molar-refractivity contribution in [2.45, 2.75) is 113 Å². The average Bonchev–Trinajstić information content (AvgIpc) is 4.00. The first kappa shape index (κ1) is 47.0. The summed E-state index contributed by atoms with van der Waals surface area (Å²) in [6, 6.07) is 16.9. The molecule has 1 amide bonds. The van der Waals surface area contributed by atoms with Gasteiger partial charge in [0.15, 0.2) is 6.10 Å². The largest absolute Gasteiger partial charge is 0.496 e. The number of benzene rings is 3. The molecule has 3 aromatic carbocycles. The van der Waals surface area contributed by atoms with Crippen LogP contribution in [0.3, 0.4) is 0 Å². The van der Waals surface area contributed by atoms with Crippen LogP contribution < -0.4 is 15.0 Å². The molecule has 2 saturated heterocycles. The third kappa shape index (κ3) is 6.60. The molecule has 6 aliphatic rings. The van der Waals surface area contributed by atoms with Gasteiger partial charge in [0.2, 0.25) is 5.60 Å². The number of hydrogen-bond donors (Lipinski definition) is 3. The van der Waals surface area contributed by atoms with Gasteiger partial charge in [0.05, 0.1) is 32.9 Å². The first-order valence-electron chi connectivity index (χ1n) is 24.7. The molecule has 3 N–H and O–H groups in total. The number of nitrogens with one attached hydrogen (secondary N) is 2. The molecule has 14 nitrogen and oxygen atoms in total. The summed E-state index contributed by atoms with van der Waals surface area (Å²) in [6.07, 6.45) is 6.05. The second-order valence-corrected chi connectivity index (χ2v) is 21.1. The number of para-hydroxylation sites is 1. The van der Waals surface area contributed by atoms with Crippen molar-refractivity contribution in [2.75, 3.05) is 66.0 Å². The number of carbonyl (C=O) groups excluding carboxylic acids is 4. The van der Waals surface area contributed by atoms with Crippen LogP contribution in [0.25, 0.3) is 10.9 Å². The number of anilines is 1. The summed E-state index contributed by atoms with van der Waals surface area (Å²) >= 11 is 0. The minimum Gasteiger partial charge on any atom is -0.496 e. The fourth-order valence-electron chi connectivity index (χ4n) is 15.1. The van der Waals surface area contributed by atoms with Gasteiger partial charge in [-0.05, 0) is 100 Å². The molecule has 1 saturated carbocycles. The number of H-pyrrole nitrogens is 1. The maximum Gasteiger partial charge on any atom is 0.344 e. The number of aliphatic hydroxyl groups is 1. The number of aryl methyl sites for hydroxylation is 2. The highest BCUT2D eigenvalue weighted by molar-refractivity contribution is 5.96. The van der Waals surface area contributed by atoms with Crippen LogP contribution in [-0.2, 0) is 45.8 Å². The number of aromatic amines is 1. The lowest BCUT2D eigenvalue weighted by molar-refractivity contribution is -0.228. The Balaban J connectivity index is 1.21. The van der Waals surface area contributed by atoms with Crippen molar-refractivity contribution >= 4 is 40.4 Å². The second-order valence-electron chi connectivity index (χ2n) is 21.1. The number of likely N-dealkylation sites (N-methyl/N-ethyl adjacent to an activating group) is 1. The molecule has 1 unspecified atom stereocenters. The summed E-state index contributed by atoms with van der Waals surface area (Å²) < 4.78 is 24.3. The highest BCUT2D eigenvalue weighted by Crippen LogP contribution is 2.68. The van der Waals surface area contributed by atoms with E-state index in [1.165, 1.54) is 21.1 Å². The molecular formula is C55H67N5O9. The first-order valence-corrected chi connectivity index (χ1v) is 24.7. The SMILES string of the molecule is CC[C@]1(NC(=O)c2cc(C)cc(C)c2)C[C@H]2CN(CCc3c([nH]c4ccccc34)[C@@](C(=O)OC)(c3cc4c(cc3OC)N(C)[C@H]3[C@@](O)(C(=O)OC)[C@H](OC(C)=O)[C@]5(CC)C=CCN6CC[C@]43[C@@H]65)C2)C1. The van der Waals surface area contributed by atoms with Gasteiger partial charge in [0, 0.05) is 96.5 Å². The topological polar surface area (TPSA) is 163 Å². The van der Waals surface area contributed by atoms with E-state index in [2.05, 4.69) is 57.4 Å². The summed E-state index contributed by atoms with van der Waals surface area (Å²) in [4.78, 5) is 68.4. The number of hydrogen-bond acceptors (Lipinski definition) is 12. The van der Waals surface area contributed by atoms with Crippen molar-refractivity contribution in [1.82, 2.24) is 20.1 Å². The number of rotatable bonds is 9. The Morgan fingerprint density at radius 1 is 0.899 bits per heavy atom. The number of amides is 1. The normalized spacial score (nSPS) is 33.2. The number of esters is 3. The molecular weight excluding hydrogens is 875 g/mol. The quantitative estimate of drug-likeness (QED) is 0.101. The minimum absolute atomic E-state index is 0.116. The highest BCUT2D eigenvalue weighted by atomic mass is 16.6. The minimum atomic E-state index is -2.33. The number of nitrogens with zero attached hydrogens (tertiary/aromatic N) is 3. The van der Waals surface area contributed by atoms with E-state index >= 15 is 4.79 Å². The standard InChI is InChI=1S/C55H67N5O9/c1-10-51(57-45(62)36-24-32(3)23-33(4)25-36)28-35-29-54(49(63)67-8,44-38(17-21-59(30-35)31-51)37-15-12-13-16-41(37)56-44)40-26-39-42(27-43(40)66-7)58(6)47-53(39)19-22-60-20-14-18-52(11-2,46(53)60)48(69-34(5)61)55(47,65)50(64)68-9/h12-16,18,23-27,35,46-48,56,65H,10-11,17,19-22,28-31H2,1-9H3,(H,57,62)/t35-,46+,47-,48-,51+,52-,53-,54+,55+/m1/s1. The number of methoxy groups -OCH3 is 3. The molecule has 2 bridgehead atoms. The van der Waals surface area contributed by atoms with Crippen molar-refractivity contribution in [2.24, 2.45) is 11.3 Å². The van der Waals surface area contributed by atoms with E-state index in [4.69, 9.17) is 18.9 Å². The van der Waals surface area contributed by atoms with Gasteiger partial charge in [0.25, 0.3) is 5.91 Å². The third-order valence-corrected chi connectivity index (χ3v) is 17.5. The van der Waals surface area contributed by atoms with E-state index < -0.39 is 57.4 Å². The Hall–Kier alpha value is -5.70. The van der Waals surface area contributed by atoms with Crippen LogP contribution in [0.4, 0.5) is 5.69 Å². The summed E-state index contributed by atoms with van der Waals surface area (Å²) in [5.41, 5.74) is 1.16. The van der Waals surface area contributed by atoms with Crippen LogP contribution in [0.2, 0.25) is 0 Å². The summed E-state index contributed by atoms with van der Waals surface area (Å²) in [5, 5.41) is 18.0. The van der Waals surface area contributed by atoms with E-state index in [1.54, 1.807) is 7.11 Å². The Bertz CT molecular complexity index is 2780. The summed E-state index contributed by atoms with van der Waals surface area (Å²) in [5.74, 6) is -1.74. The van der Waals surface area contributed by atoms with E-state index in [1.807, 2.05) is 69.1 Å². The fourth-order valence-corrected chi connectivity index (χ4v) is 15.1. The zero-order chi connectivity index (χ0) is 49.0. The van der Waals surface area contributed by atoms with Crippen molar-refractivity contribution < 1.29 is 43.2 Å². The lowest BCUT2D eigenvalue weighted by Gasteiger charge is -2.63. The monoisotopic (exact) mass is 941 g/mol. The van der Waals surface area contributed by atoms with Gasteiger partial charge < -0.3 is 44.2 Å².